The number of rotatable bonds is 0. The minimum absolute atomic E-state index is 0.237. The van der Waals surface area contributed by atoms with Crippen LogP contribution in [0.3, 0.4) is 0 Å². The van der Waals surface area contributed by atoms with Gasteiger partial charge in [-0.05, 0) is 45.9 Å². The average Bonchev–Trinajstić information content (AvgIpc) is 2.74. The fraction of sp³-hybridized carbons (Fsp3) is 0.176. The van der Waals surface area contributed by atoms with E-state index < -0.39 is 0 Å². The maximum absolute atomic E-state index is 9.11. The van der Waals surface area contributed by atoms with Crippen molar-refractivity contribution in [2.24, 2.45) is 5.92 Å². The van der Waals surface area contributed by atoms with Crippen LogP contribution in [0.25, 0.3) is 16.3 Å². The number of nitrogens with zero attached hydrogens (tertiary/aromatic N) is 2. The monoisotopic (exact) mass is 244 g/mol. The lowest BCUT2D eigenvalue weighted by atomic mass is 9.95. The summed E-state index contributed by atoms with van der Waals surface area (Å²) in [6.45, 7) is 2.08. The number of hydrogen-bond donors (Lipinski definition) is 0. The maximum atomic E-state index is 9.11. The molecule has 0 heterocycles. The highest BCUT2D eigenvalue weighted by atomic mass is 14.3. The third-order valence-corrected chi connectivity index (χ3v) is 3.77. The molecule has 0 saturated carbocycles. The van der Waals surface area contributed by atoms with Gasteiger partial charge < -0.3 is 0 Å². The first-order valence-electron chi connectivity index (χ1n) is 6.31. The molecule has 0 aromatic heterocycles. The highest BCUT2D eigenvalue weighted by molar-refractivity contribution is 5.91. The van der Waals surface area contributed by atoms with Crippen LogP contribution in [0.15, 0.2) is 42.0 Å². The van der Waals surface area contributed by atoms with Gasteiger partial charge in [0, 0.05) is 0 Å². The average molecular weight is 244 g/mol. The van der Waals surface area contributed by atoms with Gasteiger partial charge in [-0.25, -0.2) is 0 Å². The molecule has 0 fully saturated rings. The number of allylic oxidation sites excluding steroid dienone is 2. The highest BCUT2D eigenvalue weighted by Gasteiger charge is 2.27. The fourth-order valence-corrected chi connectivity index (χ4v) is 2.93. The molecule has 3 rings (SSSR count). The molecule has 0 aliphatic heterocycles. The predicted molar refractivity (Wildman–Crippen MR) is 75.0 cm³/mol. The summed E-state index contributed by atoms with van der Waals surface area (Å²) < 4.78 is 0. The molecule has 90 valence electrons. The second kappa shape index (κ2) is 4.26. The molecule has 1 atom stereocenters. The third-order valence-electron chi connectivity index (χ3n) is 3.77. The standard InChI is InChI=1S/C17H12N2/c1-11-6-14-7-12-4-2-3-5-13(12)8-16(14)17(11)15(9-18)10-19/h2-5,7-8,11H,6H2,1H3. The van der Waals surface area contributed by atoms with Gasteiger partial charge in [0.15, 0.2) is 0 Å². The zero-order valence-corrected chi connectivity index (χ0v) is 10.6. The lowest BCUT2D eigenvalue weighted by Crippen LogP contribution is -1.94. The third kappa shape index (κ3) is 1.70. The van der Waals surface area contributed by atoms with E-state index in [9.17, 15) is 0 Å². The Morgan fingerprint density at radius 3 is 2.37 bits per heavy atom. The number of hydrogen-bond acceptors (Lipinski definition) is 2. The first kappa shape index (κ1) is 11.5. The van der Waals surface area contributed by atoms with Crippen LogP contribution in [0.5, 0.6) is 0 Å². The van der Waals surface area contributed by atoms with Crippen molar-refractivity contribution >= 4 is 16.3 Å². The van der Waals surface area contributed by atoms with E-state index in [2.05, 4.69) is 31.2 Å². The molecular weight excluding hydrogens is 232 g/mol. The van der Waals surface area contributed by atoms with Gasteiger partial charge in [-0.1, -0.05) is 37.3 Å². The van der Waals surface area contributed by atoms with Crippen molar-refractivity contribution in [2.45, 2.75) is 13.3 Å². The normalized spacial score (nSPS) is 16.8. The number of nitriles is 2. The van der Waals surface area contributed by atoms with Crippen LogP contribution in [-0.2, 0) is 6.42 Å². The number of benzene rings is 2. The quantitative estimate of drug-likeness (QED) is 0.661. The van der Waals surface area contributed by atoms with E-state index in [-0.39, 0.29) is 11.5 Å². The fourth-order valence-electron chi connectivity index (χ4n) is 2.93. The van der Waals surface area contributed by atoms with E-state index in [1.807, 2.05) is 24.3 Å². The zero-order valence-electron chi connectivity index (χ0n) is 10.6. The predicted octanol–water partition coefficient (Wildman–Crippen LogP) is 3.83. The Kier molecular flexibility index (Phi) is 2.58. The SMILES string of the molecule is CC1Cc2cc3ccccc3cc2C1=C(C#N)C#N. The van der Waals surface area contributed by atoms with Gasteiger partial charge in [-0.2, -0.15) is 10.5 Å². The van der Waals surface area contributed by atoms with Gasteiger partial charge in [-0.15, -0.1) is 0 Å². The lowest BCUT2D eigenvalue weighted by molar-refractivity contribution is 0.779. The van der Waals surface area contributed by atoms with Gasteiger partial charge in [0.2, 0.25) is 0 Å². The lowest BCUT2D eigenvalue weighted by Gasteiger charge is -2.06. The van der Waals surface area contributed by atoms with Crippen molar-refractivity contribution in [3.63, 3.8) is 0 Å². The molecule has 2 heteroatoms. The molecule has 1 unspecified atom stereocenters. The Balaban J connectivity index is 2.33. The Bertz CT molecular complexity index is 769. The van der Waals surface area contributed by atoms with Crippen LogP contribution < -0.4 is 0 Å². The molecule has 2 aromatic carbocycles. The molecule has 2 aromatic rings. The molecule has 1 aliphatic carbocycles. The van der Waals surface area contributed by atoms with Crippen molar-refractivity contribution in [1.29, 1.82) is 10.5 Å². The largest absolute Gasteiger partial charge is 0.192 e. The summed E-state index contributed by atoms with van der Waals surface area (Å²) in [6, 6.07) is 16.5. The molecule has 0 radical (unpaired) electrons. The minimum Gasteiger partial charge on any atom is -0.192 e. The molecule has 1 aliphatic rings. The van der Waals surface area contributed by atoms with Crippen molar-refractivity contribution in [3.8, 4) is 12.1 Å². The first-order chi connectivity index (χ1) is 9.24. The van der Waals surface area contributed by atoms with Crippen LogP contribution in [0, 0.1) is 28.6 Å². The van der Waals surface area contributed by atoms with Crippen molar-refractivity contribution < 1.29 is 0 Å². The van der Waals surface area contributed by atoms with Crippen LogP contribution in [0.4, 0.5) is 0 Å². The zero-order chi connectivity index (χ0) is 13.4. The Morgan fingerprint density at radius 1 is 1.11 bits per heavy atom. The van der Waals surface area contributed by atoms with Crippen LogP contribution in [-0.4, -0.2) is 0 Å². The summed E-state index contributed by atoms with van der Waals surface area (Å²) in [5, 5.41) is 20.6. The molecule has 2 nitrogen and oxygen atoms in total. The van der Waals surface area contributed by atoms with Crippen molar-refractivity contribution in [1.82, 2.24) is 0 Å². The van der Waals surface area contributed by atoms with E-state index in [1.54, 1.807) is 0 Å². The molecular formula is C17H12N2. The van der Waals surface area contributed by atoms with Gasteiger partial charge in [0.25, 0.3) is 0 Å². The van der Waals surface area contributed by atoms with E-state index in [0.717, 1.165) is 22.9 Å². The second-order valence-electron chi connectivity index (χ2n) is 4.97. The molecule has 0 amide bonds. The molecule has 0 spiro atoms. The minimum atomic E-state index is 0.237. The topological polar surface area (TPSA) is 47.6 Å². The Labute approximate surface area is 112 Å². The van der Waals surface area contributed by atoms with Crippen molar-refractivity contribution in [3.05, 3.63) is 53.1 Å². The van der Waals surface area contributed by atoms with Gasteiger partial charge in [0.05, 0.1) is 0 Å². The number of fused-ring (bicyclic) bond motifs is 2. The Hall–Kier alpha value is -2.58. The summed E-state index contributed by atoms with van der Waals surface area (Å²) in [5.74, 6) is 0.237. The molecule has 0 N–H and O–H groups in total. The van der Waals surface area contributed by atoms with E-state index in [0.29, 0.717) is 0 Å². The van der Waals surface area contributed by atoms with Gasteiger partial charge >= 0.3 is 0 Å². The molecule has 19 heavy (non-hydrogen) atoms. The molecule has 0 saturated heterocycles. The summed E-state index contributed by atoms with van der Waals surface area (Å²) in [7, 11) is 0. The smallest absolute Gasteiger partial charge is 0.133 e. The Morgan fingerprint density at radius 2 is 1.74 bits per heavy atom. The van der Waals surface area contributed by atoms with E-state index >= 15 is 0 Å². The maximum Gasteiger partial charge on any atom is 0.133 e. The summed E-state index contributed by atoms with van der Waals surface area (Å²) in [5.41, 5.74) is 3.47. The first-order valence-corrected chi connectivity index (χ1v) is 6.31. The van der Waals surface area contributed by atoms with E-state index in [4.69, 9.17) is 10.5 Å². The van der Waals surface area contributed by atoms with Crippen molar-refractivity contribution in [2.75, 3.05) is 0 Å². The summed E-state index contributed by atoms with van der Waals surface area (Å²) >= 11 is 0. The van der Waals surface area contributed by atoms with Gasteiger partial charge in [-0.3, -0.25) is 0 Å². The van der Waals surface area contributed by atoms with Gasteiger partial charge in [0.1, 0.15) is 17.7 Å². The molecule has 0 bridgehead atoms. The van der Waals surface area contributed by atoms with Crippen LogP contribution >= 0.6 is 0 Å². The second-order valence-corrected chi connectivity index (χ2v) is 4.97. The van der Waals surface area contributed by atoms with Crippen LogP contribution in [0.2, 0.25) is 0 Å². The summed E-state index contributed by atoms with van der Waals surface area (Å²) in [4.78, 5) is 0. The van der Waals surface area contributed by atoms with Crippen LogP contribution in [0.1, 0.15) is 18.1 Å². The highest BCUT2D eigenvalue weighted by Crippen LogP contribution is 2.40. The van der Waals surface area contributed by atoms with E-state index in [1.165, 1.54) is 10.9 Å². The summed E-state index contributed by atoms with van der Waals surface area (Å²) in [6.07, 6.45) is 0.905.